The average Bonchev–Trinajstić information content (AvgIpc) is 3.04. The van der Waals surface area contributed by atoms with Crippen LogP contribution in [0.2, 0.25) is 0 Å². The van der Waals surface area contributed by atoms with Crippen LogP contribution < -0.4 is 10.3 Å². The zero-order valence-electron chi connectivity index (χ0n) is 12.6. The molecule has 0 fully saturated rings. The summed E-state index contributed by atoms with van der Waals surface area (Å²) >= 11 is 0. The van der Waals surface area contributed by atoms with Crippen LogP contribution in [0.15, 0.2) is 47.8 Å². The zero-order valence-corrected chi connectivity index (χ0v) is 12.6. The summed E-state index contributed by atoms with van der Waals surface area (Å²) in [7, 11) is 1.58. The predicted molar refractivity (Wildman–Crippen MR) is 85.2 cm³/mol. The van der Waals surface area contributed by atoms with Crippen molar-refractivity contribution in [1.82, 2.24) is 24.1 Å². The van der Waals surface area contributed by atoms with E-state index in [-0.39, 0.29) is 5.56 Å². The number of pyridine rings is 1. The van der Waals surface area contributed by atoms with Crippen molar-refractivity contribution in [3.63, 3.8) is 0 Å². The molecular weight excluding hydrogens is 294 g/mol. The lowest BCUT2D eigenvalue weighted by atomic mass is 10.2. The highest BCUT2D eigenvalue weighted by molar-refractivity contribution is 5.79. The Morgan fingerprint density at radius 2 is 2.04 bits per heavy atom. The highest BCUT2D eigenvalue weighted by atomic mass is 16.5. The number of aryl methyl sites for hydroxylation is 1. The van der Waals surface area contributed by atoms with Gasteiger partial charge < -0.3 is 4.74 Å². The van der Waals surface area contributed by atoms with Crippen molar-refractivity contribution in [2.45, 2.75) is 6.92 Å². The molecule has 7 heteroatoms. The molecule has 4 aromatic rings. The molecule has 0 saturated carbocycles. The van der Waals surface area contributed by atoms with Gasteiger partial charge in [0.05, 0.1) is 23.7 Å². The molecule has 3 heterocycles. The number of hydrogen-bond acceptors (Lipinski definition) is 5. The third-order valence-electron chi connectivity index (χ3n) is 3.77. The fourth-order valence-electron chi connectivity index (χ4n) is 2.64. The number of hydrogen-bond donors (Lipinski definition) is 0. The molecule has 0 saturated heterocycles. The molecule has 23 heavy (non-hydrogen) atoms. The number of rotatable bonds is 2. The first-order chi connectivity index (χ1) is 11.2. The monoisotopic (exact) mass is 307 g/mol. The normalized spacial score (nSPS) is 11.2. The summed E-state index contributed by atoms with van der Waals surface area (Å²) in [5.74, 6) is 1.09. The van der Waals surface area contributed by atoms with Crippen LogP contribution in [0, 0.1) is 6.92 Å². The third kappa shape index (κ3) is 1.97. The molecule has 4 rings (SSSR count). The Hall–Kier alpha value is -3.22. The van der Waals surface area contributed by atoms with Gasteiger partial charge in [-0.1, -0.05) is 6.07 Å². The van der Waals surface area contributed by atoms with Crippen LogP contribution in [0.5, 0.6) is 5.75 Å². The second kappa shape index (κ2) is 4.91. The number of benzene rings is 1. The summed E-state index contributed by atoms with van der Waals surface area (Å²) in [6.07, 6.45) is 4.65. The van der Waals surface area contributed by atoms with Crippen molar-refractivity contribution in [2.24, 2.45) is 0 Å². The fraction of sp³-hybridized carbons (Fsp3) is 0.125. The van der Waals surface area contributed by atoms with Gasteiger partial charge in [-0.05, 0) is 30.7 Å². The second-order valence-corrected chi connectivity index (χ2v) is 5.20. The lowest BCUT2D eigenvalue weighted by molar-refractivity contribution is 0.412. The quantitative estimate of drug-likeness (QED) is 0.564. The summed E-state index contributed by atoms with van der Waals surface area (Å²) in [6.45, 7) is 1.97. The Morgan fingerprint density at radius 1 is 1.17 bits per heavy atom. The first kappa shape index (κ1) is 13.4. The van der Waals surface area contributed by atoms with Crippen molar-refractivity contribution in [3.8, 4) is 11.4 Å². The second-order valence-electron chi connectivity index (χ2n) is 5.20. The van der Waals surface area contributed by atoms with Gasteiger partial charge in [0.25, 0.3) is 11.3 Å². The minimum absolute atomic E-state index is 0.184. The number of ether oxygens (including phenoxy) is 1. The molecule has 0 amide bonds. The summed E-state index contributed by atoms with van der Waals surface area (Å²) in [5.41, 5.74) is 2.22. The number of fused-ring (bicyclic) bond motifs is 3. The Labute approximate surface area is 130 Å². The van der Waals surface area contributed by atoms with Crippen LogP contribution in [-0.2, 0) is 0 Å². The molecular formula is C16H13N5O2. The molecule has 0 aliphatic heterocycles. The molecule has 0 bridgehead atoms. The van der Waals surface area contributed by atoms with Crippen molar-refractivity contribution in [2.75, 3.05) is 7.11 Å². The molecule has 0 aliphatic rings. The standard InChI is InChI=1S/C16H13N5O2/c1-10-3-4-14(23-2)13(7-10)20-6-5-12-11(15(20)22)8-17-16-18-9-19-21(12)16/h3-9H,1-2H3. The zero-order chi connectivity index (χ0) is 16.0. The van der Waals surface area contributed by atoms with Gasteiger partial charge in [-0.15, -0.1) is 0 Å². The Morgan fingerprint density at radius 3 is 2.87 bits per heavy atom. The lowest BCUT2D eigenvalue weighted by Gasteiger charge is -2.12. The van der Waals surface area contributed by atoms with Crippen molar-refractivity contribution >= 4 is 16.7 Å². The van der Waals surface area contributed by atoms with E-state index in [1.807, 2.05) is 31.2 Å². The van der Waals surface area contributed by atoms with Crippen LogP contribution >= 0.6 is 0 Å². The maximum Gasteiger partial charge on any atom is 0.266 e. The van der Waals surface area contributed by atoms with E-state index in [1.165, 1.54) is 12.5 Å². The number of nitrogens with zero attached hydrogens (tertiary/aromatic N) is 5. The molecule has 0 spiro atoms. The van der Waals surface area contributed by atoms with Gasteiger partial charge in [0.2, 0.25) is 0 Å². The summed E-state index contributed by atoms with van der Waals surface area (Å²) < 4.78 is 8.48. The molecule has 0 N–H and O–H groups in total. The molecule has 0 unspecified atom stereocenters. The van der Waals surface area contributed by atoms with Gasteiger partial charge in [0, 0.05) is 12.4 Å². The maximum atomic E-state index is 12.9. The van der Waals surface area contributed by atoms with Gasteiger partial charge in [-0.2, -0.15) is 14.6 Å². The minimum atomic E-state index is -0.184. The largest absolute Gasteiger partial charge is 0.495 e. The molecule has 7 nitrogen and oxygen atoms in total. The molecule has 0 atom stereocenters. The van der Waals surface area contributed by atoms with E-state index >= 15 is 0 Å². The van der Waals surface area contributed by atoms with Gasteiger partial charge >= 0.3 is 0 Å². The van der Waals surface area contributed by atoms with E-state index in [9.17, 15) is 4.79 Å². The van der Waals surface area contributed by atoms with E-state index in [4.69, 9.17) is 4.74 Å². The van der Waals surface area contributed by atoms with E-state index in [0.717, 1.165) is 5.56 Å². The molecule has 114 valence electrons. The van der Waals surface area contributed by atoms with Crippen LogP contribution in [-0.4, -0.2) is 31.3 Å². The highest BCUT2D eigenvalue weighted by Gasteiger charge is 2.12. The van der Waals surface area contributed by atoms with Crippen LogP contribution in [0.3, 0.4) is 0 Å². The van der Waals surface area contributed by atoms with Gasteiger partial charge in [0.15, 0.2) is 0 Å². The minimum Gasteiger partial charge on any atom is -0.495 e. The van der Waals surface area contributed by atoms with E-state index in [1.54, 1.807) is 22.4 Å². The smallest absolute Gasteiger partial charge is 0.266 e. The SMILES string of the molecule is COc1ccc(C)cc1-n1ccc2c(cnc3ncnn32)c1=O. The van der Waals surface area contributed by atoms with Crippen molar-refractivity contribution < 1.29 is 4.74 Å². The van der Waals surface area contributed by atoms with E-state index < -0.39 is 0 Å². The first-order valence-corrected chi connectivity index (χ1v) is 7.04. The summed E-state index contributed by atoms with van der Waals surface area (Å²) in [5, 5.41) is 4.58. The third-order valence-corrected chi connectivity index (χ3v) is 3.77. The first-order valence-electron chi connectivity index (χ1n) is 7.04. The highest BCUT2D eigenvalue weighted by Crippen LogP contribution is 2.23. The van der Waals surface area contributed by atoms with Crippen molar-refractivity contribution in [3.05, 3.63) is 58.9 Å². The predicted octanol–water partition coefficient (Wildman–Crippen LogP) is 1.75. The Balaban J connectivity index is 2.06. The van der Waals surface area contributed by atoms with Gasteiger partial charge in [0.1, 0.15) is 12.1 Å². The summed E-state index contributed by atoms with van der Waals surface area (Å²) in [4.78, 5) is 21.1. The van der Waals surface area contributed by atoms with E-state index in [0.29, 0.717) is 28.1 Å². The molecule has 0 radical (unpaired) electrons. The van der Waals surface area contributed by atoms with E-state index in [2.05, 4.69) is 15.1 Å². The lowest BCUT2D eigenvalue weighted by Crippen LogP contribution is -2.19. The van der Waals surface area contributed by atoms with Gasteiger partial charge in [-0.25, -0.2) is 4.98 Å². The number of methoxy groups -OCH3 is 1. The van der Waals surface area contributed by atoms with Crippen LogP contribution in [0.4, 0.5) is 0 Å². The average molecular weight is 307 g/mol. The Bertz CT molecular complexity index is 1100. The fourth-order valence-corrected chi connectivity index (χ4v) is 2.64. The van der Waals surface area contributed by atoms with Crippen LogP contribution in [0.25, 0.3) is 22.4 Å². The van der Waals surface area contributed by atoms with Crippen molar-refractivity contribution in [1.29, 1.82) is 0 Å². The molecule has 3 aromatic heterocycles. The maximum absolute atomic E-state index is 12.9. The number of aromatic nitrogens is 5. The van der Waals surface area contributed by atoms with Gasteiger partial charge in [-0.3, -0.25) is 9.36 Å². The Kier molecular flexibility index (Phi) is 2.87. The summed E-state index contributed by atoms with van der Waals surface area (Å²) in [6, 6.07) is 7.52. The molecule has 1 aromatic carbocycles. The topological polar surface area (TPSA) is 74.3 Å². The van der Waals surface area contributed by atoms with Crippen LogP contribution in [0.1, 0.15) is 5.56 Å². The molecule has 0 aliphatic carbocycles.